The number of aromatic nitrogens is 5. The second kappa shape index (κ2) is 8.01. The second-order valence-corrected chi connectivity index (χ2v) is 8.09. The summed E-state index contributed by atoms with van der Waals surface area (Å²) < 4.78 is 2.08. The minimum Gasteiger partial charge on any atom is -0.353 e. The number of rotatable bonds is 4. The highest BCUT2D eigenvalue weighted by Crippen LogP contribution is 2.28. The second-order valence-electron chi connectivity index (χ2n) is 8.09. The average Bonchev–Trinajstić information content (AvgIpc) is 3.27. The van der Waals surface area contributed by atoms with Gasteiger partial charge in [-0.05, 0) is 36.4 Å². The molecule has 5 heterocycles. The number of fused-ring (bicyclic) bond motifs is 2. The van der Waals surface area contributed by atoms with Gasteiger partial charge in [0.15, 0.2) is 5.82 Å². The van der Waals surface area contributed by atoms with Crippen molar-refractivity contribution >= 4 is 22.4 Å². The largest absolute Gasteiger partial charge is 0.353 e. The van der Waals surface area contributed by atoms with E-state index in [1.807, 2.05) is 48.8 Å². The number of anilines is 1. The highest BCUT2D eigenvalue weighted by Gasteiger charge is 2.22. The lowest BCUT2D eigenvalue weighted by atomic mass is 10.2. The van der Waals surface area contributed by atoms with E-state index < -0.39 is 0 Å². The van der Waals surface area contributed by atoms with E-state index in [4.69, 9.17) is 15.0 Å². The normalized spacial score (nSPS) is 14.9. The molecule has 0 saturated carbocycles. The van der Waals surface area contributed by atoms with E-state index in [1.165, 1.54) is 0 Å². The van der Waals surface area contributed by atoms with Gasteiger partial charge in [0.25, 0.3) is 0 Å². The van der Waals surface area contributed by atoms with Crippen LogP contribution >= 0.6 is 0 Å². The molecule has 1 aliphatic heterocycles. The van der Waals surface area contributed by atoms with E-state index in [-0.39, 0.29) is 0 Å². The smallest absolute Gasteiger partial charge is 0.163 e. The molecule has 0 N–H and O–H groups in total. The zero-order chi connectivity index (χ0) is 21.3. The average molecular weight is 422 g/mol. The fourth-order valence-corrected chi connectivity index (χ4v) is 4.34. The first-order valence-corrected chi connectivity index (χ1v) is 10.9. The molecule has 0 amide bonds. The zero-order valence-corrected chi connectivity index (χ0v) is 17.7. The summed E-state index contributed by atoms with van der Waals surface area (Å²) in [5.74, 6) is 1.72. The summed E-state index contributed by atoms with van der Waals surface area (Å²) in [6.45, 7) is 4.63. The van der Waals surface area contributed by atoms with Crippen molar-refractivity contribution in [3.63, 3.8) is 0 Å². The highest BCUT2D eigenvalue weighted by molar-refractivity contribution is 5.91. The first-order valence-electron chi connectivity index (χ1n) is 10.9. The molecule has 1 aromatic carbocycles. The molecule has 0 atom stereocenters. The van der Waals surface area contributed by atoms with Gasteiger partial charge in [-0.15, -0.1) is 0 Å². The van der Waals surface area contributed by atoms with Crippen LogP contribution in [-0.2, 0) is 6.54 Å². The van der Waals surface area contributed by atoms with Crippen LogP contribution in [0.4, 0.5) is 5.82 Å². The molecule has 0 aliphatic carbocycles. The number of hydrogen-bond donors (Lipinski definition) is 0. The number of hydrogen-bond acceptors (Lipinski definition) is 6. The Labute approximate surface area is 186 Å². The Bertz CT molecular complexity index is 1340. The van der Waals surface area contributed by atoms with E-state index in [1.54, 1.807) is 6.20 Å². The number of benzene rings is 1. The van der Waals surface area contributed by atoms with Crippen LogP contribution < -0.4 is 4.90 Å². The summed E-state index contributed by atoms with van der Waals surface area (Å²) in [5.41, 5.74) is 4.00. The molecule has 0 radical (unpaired) electrons. The van der Waals surface area contributed by atoms with Crippen molar-refractivity contribution in [3.8, 4) is 11.4 Å². The Kier molecular flexibility index (Phi) is 4.73. The maximum Gasteiger partial charge on any atom is 0.163 e. The van der Waals surface area contributed by atoms with Crippen molar-refractivity contribution in [2.75, 3.05) is 31.1 Å². The van der Waals surface area contributed by atoms with Crippen molar-refractivity contribution < 1.29 is 0 Å². The van der Waals surface area contributed by atoms with Crippen LogP contribution in [0.25, 0.3) is 27.9 Å². The van der Waals surface area contributed by atoms with Gasteiger partial charge in [-0.2, -0.15) is 0 Å². The standard InChI is InChI=1S/C25H23N7/c1-2-8-22-21(7-1)25(29-24(28-22)19-6-5-10-26-16-19)31-14-12-30(13-15-31)17-20-18-32-11-4-3-9-23(32)27-20/h1-11,16,18H,12-15,17H2. The van der Waals surface area contributed by atoms with E-state index in [0.29, 0.717) is 0 Å². The third-order valence-corrected chi connectivity index (χ3v) is 5.97. The highest BCUT2D eigenvalue weighted by atomic mass is 15.3. The Morgan fingerprint density at radius 2 is 1.69 bits per heavy atom. The molecule has 5 aromatic rings. The van der Waals surface area contributed by atoms with E-state index in [2.05, 4.69) is 43.6 Å². The van der Waals surface area contributed by atoms with Crippen molar-refractivity contribution in [2.45, 2.75) is 6.54 Å². The molecule has 6 rings (SSSR count). The third kappa shape index (κ3) is 3.56. The van der Waals surface area contributed by atoms with E-state index >= 15 is 0 Å². The molecule has 32 heavy (non-hydrogen) atoms. The first-order chi connectivity index (χ1) is 15.8. The minimum absolute atomic E-state index is 0.721. The minimum atomic E-state index is 0.721. The van der Waals surface area contributed by atoms with Gasteiger partial charge in [0.2, 0.25) is 0 Å². The van der Waals surface area contributed by atoms with Crippen molar-refractivity contribution in [1.29, 1.82) is 0 Å². The summed E-state index contributed by atoms with van der Waals surface area (Å²) in [6, 6.07) is 18.3. The number of imidazole rings is 1. The maximum atomic E-state index is 4.97. The molecule has 1 aliphatic rings. The topological polar surface area (TPSA) is 62.5 Å². The van der Waals surface area contributed by atoms with E-state index in [9.17, 15) is 0 Å². The number of para-hydroxylation sites is 1. The summed E-state index contributed by atoms with van der Waals surface area (Å²) in [5, 5.41) is 1.09. The molecule has 158 valence electrons. The van der Waals surface area contributed by atoms with Gasteiger partial charge < -0.3 is 9.30 Å². The van der Waals surface area contributed by atoms with Crippen molar-refractivity contribution in [3.05, 3.63) is 85.1 Å². The SMILES string of the molecule is c1cncc(-c2nc(N3CCN(Cc4cn5ccccc5n4)CC3)c3ccccc3n2)c1. The summed E-state index contributed by atoms with van der Waals surface area (Å²) in [4.78, 5) is 23.6. The monoisotopic (exact) mass is 421 g/mol. The molecule has 1 fully saturated rings. The van der Waals surface area contributed by atoms with Crippen molar-refractivity contribution in [2.24, 2.45) is 0 Å². The summed E-state index contributed by atoms with van der Waals surface area (Å²) >= 11 is 0. The Balaban J connectivity index is 1.24. The van der Waals surface area contributed by atoms with Crippen molar-refractivity contribution in [1.82, 2.24) is 29.2 Å². The lowest BCUT2D eigenvalue weighted by Crippen LogP contribution is -2.46. The van der Waals surface area contributed by atoms with E-state index in [0.717, 1.165) is 72.2 Å². The summed E-state index contributed by atoms with van der Waals surface area (Å²) in [7, 11) is 0. The van der Waals surface area contributed by atoms with Gasteiger partial charge in [0, 0.05) is 68.5 Å². The first kappa shape index (κ1) is 18.9. The van der Waals surface area contributed by atoms with Crippen LogP contribution in [0.15, 0.2) is 79.4 Å². The molecule has 1 saturated heterocycles. The zero-order valence-electron chi connectivity index (χ0n) is 17.7. The van der Waals surface area contributed by atoms with Gasteiger partial charge in [-0.3, -0.25) is 9.88 Å². The van der Waals surface area contributed by atoms with Gasteiger partial charge in [-0.25, -0.2) is 15.0 Å². The van der Waals surface area contributed by atoms with Crippen LogP contribution in [0, 0.1) is 0 Å². The van der Waals surface area contributed by atoms with Gasteiger partial charge in [-0.1, -0.05) is 18.2 Å². The lowest BCUT2D eigenvalue weighted by Gasteiger charge is -2.35. The predicted molar refractivity (Wildman–Crippen MR) is 125 cm³/mol. The molecule has 0 bridgehead atoms. The number of piperazine rings is 1. The van der Waals surface area contributed by atoms with Gasteiger partial charge >= 0.3 is 0 Å². The van der Waals surface area contributed by atoms with Crippen LogP contribution in [0.5, 0.6) is 0 Å². The lowest BCUT2D eigenvalue weighted by molar-refractivity contribution is 0.247. The van der Waals surface area contributed by atoms with Crippen LogP contribution in [0.3, 0.4) is 0 Å². The Morgan fingerprint density at radius 3 is 2.53 bits per heavy atom. The fourth-order valence-electron chi connectivity index (χ4n) is 4.34. The third-order valence-electron chi connectivity index (χ3n) is 5.97. The van der Waals surface area contributed by atoms with Crippen LogP contribution in [0.2, 0.25) is 0 Å². The molecular weight excluding hydrogens is 398 g/mol. The van der Waals surface area contributed by atoms with Crippen LogP contribution in [-0.4, -0.2) is 55.4 Å². The fraction of sp³-hybridized carbons (Fsp3) is 0.200. The maximum absolute atomic E-state index is 4.97. The van der Waals surface area contributed by atoms with Gasteiger partial charge in [0.05, 0.1) is 11.2 Å². The molecule has 0 unspecified atom stereocenters. The quantitative estimate of drug-likeness (QED) is 0.441. The molecule has 0 spiro atoms. The Hall–Kier alpha value is -3.84. The molecule has 7 nitrogen and oxygen atoms in total. The van der Waals surface area contributed by atoms with Crippen LogP contribution in [0.1, 0.15) is 5.69 Å². The van der Waals surface area contributed by atoms with Gasteiger partial charge in [0.1, 0.15) is 11.5 Å². The molecule has 7 heteroatoms. The Morgan fingerprint density at radius 1 is 0.812 bits per heavy atom. The molecular formula is C25H23N7. The molecule has 4 aromatic heterocycles. The summed E-state index contributed by atoms with van der Waals surface area (Å²) in [6.07, 6.45) is 7.76. The number of nitrogens with zero attached hydrogens (tertiary/aromatic N) is 7. The number of pyridine rings is 2. The predicted octanol–water partition coefficient (Wildman–Crippen LogP) is 3.66.